The summed E-state index contributed by atoms with van der Waals surface area (Å²) in [5.74, 6) is 0. The van der Waals surface area contributed by atoms with Gasteiger partial charge in [0.05, 0.1) is 11.7 Å². The molecule has 2 rings (SSSR count). The van der Waals surface area contributed by atoms with Gasteiger partial charge in [-0.3, -0.25) is 0 Å². The van der Waals surface area contributed by atoms with Crippen LogP contribution in [0.2, 0.25) is 5.02 Å². The van der Waals surface area contributed by atoms with Crippen molar-refractivity contribution in [3.63, 3.8) is 0 Å². The van der Waals surface area contributed by atoms with E-state index in [4.69, 9.17) is 11.6 Å². The van der Waals surface area contributed by atoms with Crippen LogP contribution in [-0.2, 0) is 0 Å². The van der Waals surface area contributed by atoms with Crippen LogP contribution < -0.4 is 5.32 Å². The van der Waals surface area contributed by atoms with Crippen molar-refractivity contribution in [3.8, 4) is 0 Å². The molecule has 2 aromatic rings. The molecule has 0 fully saturated rings. The summed E-state index contributed by atoms with van der Waals surface area (Å²) in [6.07, 6.45) is 3.26. The maximum atomic E-state index is 6.16. The summed E-state index contributed by atoms with van der Waals surface area (Å²) >= 11 is 6.16. The van der Waals surface area contributed by atoms with Gasteiger partial charge in [-0.05, 0) is 24.7 Å². The highest BCUT2D eigenvalue weighted by atomic mass is 35.5. The van der Waals surface area contributed by atoms with Crippen LogP contribution in [0.25, 0.3) is 0 Å². The van der Waals surface area contributed by atoms with E-state index in [9.17, 15) is 0 Å². The molecule has 82 valence electrons. The van der Waals surface area contributed by atoms with Crippen molar-refractivity contribution in [2.75, 3.05) is 7.05 Å². The third kappa shape index (κ3) is 2.21. The molecule has 0 aliphatic heterocycles. The van der Waals surface area contributed by atoms with Gasteiger partial charge in [0, 0.05) is 11.2 Å². The maximum absolute atomic E-state index is 6.16. The van der Waals surface area contributed by atoms with Crippen molar-refractivity contribution in [2.24, 2.45) is 0 Å². The minimum atomic E-state index is -0.00306. The number of benzene rings is 1. The molecule has 1 heterocycles. The Morgan fingerprint density at radius 1 is 1.25 bits per heavy atom. The average molecular weight is 234 g/mol. The van der Waals surface area contributed by atoms with E-state index in [1.54, 1.807) is 6.20 Å². The lowest BCUT2D eigenvalue weighted by Gasteiger charge is -2.16. The van der Waals surface area contributed by atoms with E-state index in [-0.39, 0.29) is 6.04 Å². The van der Waals surface area contributed by atoms with Crippen LogP contribution in [0.5, 0.6) is 0 Å². The normalized spacial score (nSPS) is 12.4. The molecule has 0 saturated carbocycles. The van der Waals surface area contributed by atoms with Crippen molar-refractivity contribution < 1.29 is 0 Å². The zero-order chi connectivity index (χ0) is 11.4. The zero-order valence-electron chi connectivity index (χ0n) is 8.89. The number of nitrogens with zero attached hydrogens (tertiary/aromatic N) is 2. The van der Waals surface area contributed by atoms with Gasteiger partial charge in [-0.15, -0.1) is 0 Å². The number of halogens is 1. The summed E-state index contributed by atoms with van der Waals surface area (Å²) in [4.78, 5) is 8.14. The average Bonchev–Trinajstić information content (AvgIpc) is 2.34. The fourth-order valence-electron chi connectivity index (χ4n) is 1.64. The first-order chi connectivity index (χ1) is 7.83. The Kier molecular flexibility index (Phi) is 3.49. The van der Waals surface area contributed by atoms with E-state index < -0.39 is 0 Å². The molecule has 0 spiro atoms. The van der Waals surface area contributed by atoms with Gasteiger partial charge in [0.2, 0.25) is 0 Å². The standard InChI is InChI=1S/C12H12ClN3/c1-14-12(11-6-7-15-8-16-11)9-4-2-3-5-10(9)13/h2-8,12,14H,1H3. The highest BCUT2D eigenvalue weighted by Crippen LogP contribution is 2.26. The molecule has 0 saturated heterocycles. The minimum absolute atomic E-state index is 0.00306. The van der Waals surface area contributed by atoms with Gasteiger partial charge in [-0.25, -0.2) is 9.97 Å². The second-order valence-electron chi connectivity index (χ2n) is 3.38. The van der Waals surface area contributed by atoms with Gasteiger partial charge in [0.25, 0.3) is 0 Å². The molecule has 1 atom stereocenters. The number of nitrogens with one attached hydrogen (secondary N) is 1. The Morgan fingerprint density at radius 3 is 2.69 bits per heavy atom. The van der Waals surface area contributed by atoms with Crippen molar-refractivity contribution >= 4 is 11.6 Å². The second kappa shape index (κ2) is 5.05. The lowest BCUT2D eigenvalue weighted by Crippen LogP contribution is -2.19. The lowest BCUT2D eigenvalue weighted by atomic mass is 10.0. The van der Waals surface area contributed by atoms with E-state index in [1.807, 2.05) is 37.4 Å². The Bertz CT molecular complexity index is 459. The molecule has 0 bridgehead atoms. The first-order valence-electron chi connectivity index (χ1n) is 5.00. The number of aromatic nitrogens is 2. The first-order valence-corrected chi connectivity index (χ1v) is 5.38. The van der Waals surface area contributed by atoms with Crippen LogP contribution in [0.3, 0.4) is 0 Å². The first kappa shape index (κ1) is 11.0. The molecule has 1 unspecified atom stereocenters. The zero-order valence-corrected chi connectivity index (χ0v) is 9.65. The predicted molar refractivity (Wildman–Crippen MR) is 64.4 cm³/mol. The lowest BCUT2D eigenvalue weighted by molar-refractivity contribution is 0.668. The molecule has 4 heteroatoms. The fourth-order valence-corrected chi connectivity index (χ4v) is 1.89. The SMILES string of the molecule is CNC(c1ccncn1)c1ccccc1Cl. The third-order valence-corrected chi connectivity index (χ3v) is 2.75. The van der Waals surface area contributed by atoms with Crippen molar-refractivity contribution in [2.45, 2.75) is 6.04 Å². The summed E-state index contributed by atoms with van der Waals surface area (Å²) in [6.45, 7) is 0. The summed E-state index contributed by atoms with van der Waals surface area (Å²) < 4.78 is 0. The van der Waals surface area contributed by atoms with Gasteiger partial charge < -0.3 is 5.32 Å². The van der Waals surface area contributed by atoms with Crippen LogP contribution in [0, 0.1) is 0 Å². The van der Waals surface area contributed by atoms with Crippen molar-refractivity contribution in [3.05, 3.63) is 59.1 Å². The van der Waals surface area contributed by atoms with Gasteiger partial charge in [-0.2, -0.15) is 0 Å². The monoisotopic (exact) mass is 233 g/mol. The fraction of sp³-hybridized carbons (Fsp3) is 0.167. The van der Waals surface area contributed by atoms with Gasteiger partial charge in [0.15, 0.2) is 0 Å². The molecule has 16 heavy (non-hydrogen) atoms. The molecule has 0 radical (unpaired) electrons. The minimum Gasteiger partial charge on any atom is -0.308 e. The van der Waals surface area contributed by atoms with Crippen molar-refractivity contribution in [1.29, 1.82) is 0 Å². The van der Waals surface area contributed by atoms with E-state index in [1.165, 1.54) is 6.33 Å². The summed E-state index contributed by atoms with van der Waals surface area (Å²) in [5.41, 5.74) is 1.93. The Labute approximate surface area is 99.5 Å². The van der Waals surface area contributed by atoms with Crippen LogP contribution in [0.15, 0.2) is 42.9 Å². The molecule has 0 amide bonds. The summed E-state index contributed by atoms with van der Waals surface area (Å²) in [7, 11) is 1.89. The second-order valence-corrected chi connectivity index (χ2v) is 3.78. The van der Waals surface area contributed by atoms with E-state index in [2.05, 4.69) is 15.3 Å². The number of hydrogen-bond donors (Lipinski definition) is 1. The predicted octanol–water partition coefficient (Wildman–Crippen LogP) is 2.44. The molecular weight excluding hydrogens is 222 g/mol. The topological polar surface area (TPSA) is 37.8 Å². The van der Waals surface area contributed by atoms with Crippen molar-refractivity contribution in [1.82, 2.24) is 15.3 Å². The molecule has 1 aromatic carbocycles. The largest absolute Gasteiger partial charge is 0.308 e. The van der Waals surface area contributed by atoms with Crippen LogP contribution >= 0.6 is 11.6 Å². The quantitative estimate of drug-likeness (QED) is 0.885. The van der Waals surface area contributed by atoms with E-state index in [0.29, 0.717) is 0 Å². The Hall–Kier alpha value is -1.45. The van der Waals surface area contributed by atoms with Gasteiger partial charge >= 0.3 is 0 Å². The maximum Gasteiger partial charge on any atom is 0.115 e. The highest BCUT2D eigenvalue weighted by Gasteiger charge is 2.15. The third-order valence-electron chi connectivity index (χ3n) is 2.41. The summed E-state index contributed by atoms with van der Waals surface area (Å²) in [5, 5.41) is 3.94. The van der Waals surface area contributed by atoms with Crippen LogP contribution in [0.1, 0.15) is 17.3 Å². The van der Waals surface area contributed by atoms with Crippen LogP contribution in [0.4, 0.5) is 0 Å². The smallest absolute Gasteiger partial charge is 0.115 e. The van der Waals surface area contributed by atoms with E-state index >= 15 is 0 Å². The molecule has 3 nitrogen and oxygen atoms in total. The number of hydrogen-bond acceptors (Lipinski definition) is 3. The molecular formula is C12H12ClN3. The Balaban J connectivity index is 2.41. The molecule has 1 N–H and O–H groups in total. The number of rotatable bonds is 3. The van der Waals surface area contributed by atoms with Gasteiger partial charge in [0.1, 0.15) is 6.33 Å². The highest BCUT2D eigenvalue weighted by molar-refractivity contribution is 6.31. The molecule has 0 aliphatic rings. The molecule has 0 aliphatic carbocycles. The summed E-state index contributed by atoms with van der Waals surface area (Å²) in [6, 6.07) is 9.63. The van der Waals surface area contributed by atoms with Gasteiger partial charge in [-0.1, -0.05) is 29.8 Å². The van der Waals surface area contributed by atoms with E-state index in [0.717, 1.165) is 16.3 Å². The molecule has 1 aromatic heterocycles. The van der Waals surface area contributed by atoms with Crippen LogP contribution in [-0.4, -0.2) is 17.0 Å². The Morgan fingerprint density at radius 2 is 2.06 bits per heavy atom.